The summed E-state index contributed by atoms with van der Waals surface area (Å²) < 4.78 is 22.8. The van der Waals surface area contributed by atoms with Crippen LogP contribution < -0.4 is 0 Å². The van der Waals surface area contributed by atoms with E-state index in [4.69, 9.17) is 18.9 Å². The molecular weight excluding hydrogens is 911 g/mol. The van der Waals surface area contributed by atoms with Gasteiger partial charge in [0.2, 0.25) is 0 Å². The molecule has 0 aliphatic heterocycles. The number of hydrogen-bond acceptors (Lipinski definition) is 7. The molecule has 0 saturated heterocycles. The fourth-order valence-electron chi connectivity index (χ4n) is 6.84. The summed E-state index contributed by atoms with van der Waals surface area (Å²) in [6, 6.07) is 0. The highest BCUT2D eigenvalue weighted by atomic mass is 16.7. The van der Waals surface area contributed by atoms with Crippen molar-refractivity contribution in [3.8, 4) is 0 Å². The number of nitrogens with zero attached hydrogens (tertiary/aromatic N) is 1. The van der Waals surface area contributed by atoms with E-state index in [1.165, 1.54) is 0 Å². The van der Waals surface area contributed by atoms with Gasteiger partial charge >= 0.3 is 17.9 Å². The monoisotopic (exact) mass is 1010 g/mol. The first-order valence-electron chi connectivity index (χ1n) is 28.0. The Bertz CT molecular complexity index is 1700. The zero-order valence-electron chi connectivity index (χ0n) is 46.5. The van der Waals surface area contributed by atoms with Gasteiger partial charge in [-0.05, 0) is 116 Å². The highest BCUT2D eigenvalue weighted by molar-refractivity contribution is 5.71. The van der Waals surface area contributed by atoms with Gasteiger partial charge in [0, 0.05) is 12.8 Å². The molecule has 0 aromatic rings. The standard InChI is InChI=1S/C64H101NO8/c1-6-8-10-12-14-16-18-20-22-24-26-28-29-30-31-32-33-35-37-39-41-43-45-47-49-51-53-55-62(67)73-60(59-72-64(63(68)69)70-57-56-65(3,4)5)58-71-61(66)54-52-50-48-46-44-42-40-38-36-34-27-25-23-21-19-17-15-13-11-9-7-2/h8-11,14-17,20-23,26-28,30-31,33-35,38-41,60,64H,6-7,12-13,18-19,24-25,29,32,36-37,42-59H2,1-5H3/p+1/b10-8-,11-9-,16-14-,17-15-,22-20-,23-21-,28-26-,31-30-,34-27-,35-33-,40-38-,41-39-. The second-order valence-electron chi connectivity index (χ2n) is 19.1. The molecule has 410 valence electrons. The van der Waals surface area contributed by atoms with Gasteiger partial charge in [-0.2, -0.15) is 0 Å². The average molecular weight is 1010 g/mol. The normalized spacial score (nSPS) is 13.9. The Balaban J connectivity index is 4.41. The van der Waals surface area contributed by atoms with Crippen LogP contribution in [-0.4, -0.2) is 87.4 Å². The molecule has 0 bridgehead atoms. The highest BCUT2D eigenvalue weighted by Crippen LogP contribution is 2.13. The molecule has 0 aromatic carbocycles. The predicted octanol–water partition coefficient (Wildman–Crippen LogP) is 16.4. The molecule has 0 aliphatic rings. The Labute approximate surface area is 445 Å². The molecule has 0 fully saturated rings. The third kappa shape index (κ3) is 54.8. The van der Waals surface area contributed by atoms with Crippen LogP contribution >= 0.6 is 0 Å². The van der Waals surface area contributed by atoms with Crippen molar-refractivity contribution in [3.63, 3.8) is 0 Å². The van der Waals surface area contributed by atoms with Gasteiger partial charge in [-0.15, -0.1) is 0 Å². The van der Waals surface area contributed by atoms with Gasteiger partial charge in [0.05, 0.1) is 34.4 Å². The van der Waals surface area contributed by atoms with Crippen molar-refractivity contribution < 1.29 is 42.9 Å². The number of ether oxygens (including phenoxy) is 4. The molecule has 0 aliphatic carbocycles. The van der Waals surface area contributed by atoms with Gasteiger partial charge in [-0.3, -0.25) is 9.59 Å². The minimum Gasteiger partial charge on any atom is -0.477 e. The Morgan fingerprint density at radius 2 is 0.740 bits per heavy atom. The van der Waals surface area contributed by atoms with E-state index in [-0.39, 0.29) is 38.6 Å². The van der Waals surface area contributed by atoms with E-state index in [0.29, 0.717) is 23.9 Å². The van der Waals surface area contributed by atoms with Crippen LogP contribution in [0, 0.1) is 0 Å². The van der Waals surface area contributed by atoms with E-state index in [9.17, 15) is 19.5 Å². The summed E-state index contributed by atoms with van der Waals surface area (Å²) in [5, 5.41) is 9.70. The summed E-state index contributed by atoms with van der Waals surface area (Å²) in [5.74, 6) is -2.08. The Hall–Kier alpha value is -4.83. The molecule has 0 amide bonds. The van der Waals surface area contributed by atoms with Crippen molar-refractivity contribution in [2.75, 3.05) is 47.5 Å². The van der Waals surface area contributed by atoms with E-state index < -0.39 is 24.3 Å². The molecule has 0 aromatic heterocycles. The minimum atomic E-state index is -1.53. The van der Waals surface area contributed by atoms with Crippen LogP contribution in [0.4, 0.5) is 0 Å². The third-order valence-corrected chi connectivity index (χ3v) is 11.1. The lowest BCUT2D eigenvalue weighted by Crippen LogP contribution is -2.40. The number of allylic oxidation sites excluding steroid dienone is 24. The number of unbranched alkanes of at least 4 members (excludes halogenated alkanes) is 10. The van der Waals surface area contributed by atoms with Crippen molar-refractivity contribution in [1.29, 1.82) is 0 Å². The lowest BCUT2D eigenvalue weighted by molar-refractivity contribution is -0.870. The number of esters is 2. The van der Waals surface area contributed by atoms with Crippen LogP contribution in [0.2, 0.25) is 0 Å². The molecule has 2 atom stereocenters. The number of aliphatic carboxylic acids is 1. The summed E-state index contributed by atoms with van der Waals surface area (Å²) >= 11 is 0. The van der Waals surface area contributed by atoms with Crippen LogP contribution in [-0.2, 0) is 33.3 Å². The van der Waals surface area contributed by atoms with Crippen molar-refractivity contribution in [1.82, 2.24) is 0 Å². The number of carboxylic acids is 1. The third-order valence-electron chi connectivity index (χ3n) is 11.1. The van der Waals surface area contributed by atoms with E-state index >= 15 is 0 Å². The van der Waals surface area contributed by atoms with Gasteiger partial charge in [0.15, 0.2) is 6.10 Å². The van der Waals surface area contributed by atoms with E-state index in [0.717, 1.165) is 141 Å². The zero-order chi connectivity index (χ0) is 53.4. The van der Waals surface area contributed by atoms with Crippen LogP contribution in [0.1, 0.15) is 181 Å². The van der Waals surface area contributed by atoms with Crippen LogP contribution in [0.3, 0.4) is 0 Å². The molecule has 0 rings (SSSR count). The molecule has 0 spiro atoms. The molecule has 73 heavy (non-hydrogen) atoms. The minimum absolute atomic E-state index is 0.171. The van der Waals surface area contributed by atoms with Gasteiger partial charge in [0.25, 0.3) is 6.29 Å². The van der Waals surface area contributed by atoms with E-state index in [1.807, 2.05) is 21.1 Å². The Kier molecular flexibility index (Phi) is 49.9. The lowest BCUT2D eigenvalue weighted by atomic mass is 10.1. The average Bonchev–Trinajstić information content (AvgIpc) is 3.36. The smallest absolute Gasteiger partial charge is 0.361 e. The summed E-state index contributed by atoms with van der Waals surface area (Å²) in [7, 11) is 5.94. The summed E-state index contributed by atoms with van der Waals surface area (Å²) in [4.78, 5) is 37.4. The summed E-state index contributed by atoms with van der Waals surface area (Å²) in [6.07, 6.45) is 74.8. The fourth-order valence-corrected chi connectivity index (χ4v) is 6.84. The van der Waals surface area contributed by atoms with E-state index in [2.05, 4.69) is 160 Å². The molecule has 1 N–H and O–H groups in total. The summed E-state index contributed by atoms with van der Waals surface area (Å²) in [6.45, 7) is 4.57. The number of carboxylic acid groups (broad SMARTS) is 1. The second-order valence-corrected chi connectivity index (χ2v) is 19.1. The molecule has 0 heterocycles. The van der Waals surface area contributed by atoms with Crippen LogP contribution in [0.5, 0.6) is 0 Å². The molecule has 0 saturated carbocycles. The SMILES string of the molecule is CC/C=C\C/C=C\C/C=C\C/C=C\C/C=C\C/C=C\C/C=C\CCCCCCCC(=O)OC(COC(=O)CCCCCCC/C=C\C/C=C\C/C=C\C/C=C\C/C=C\CC)COC(OCC[N+](C)(C)C)C(=O)O. The molecule has 9 heteroatoms. The lowest BCUT2D eigenvalue weighted by Gasteiger charge is -2.25. The zero-order valence-corrected chi connectivity index (χ0v) is 46.5. The molecule has 9 nitrogen and oxygen atoms in total. The van der Waals surface area contributed by atoms with Crippen molar-refractivity contribution in [2.24, 2.45) is 0 Å². The quantitative estimate of drug-likeness (QED) is 0.0211. The van der Waals surface area contributed by atoms with Crippen molar-refractivity contribution in [3.05, 3.63) is 146 Å². The highest BCUT2D eigenvalue weighted by Gasteiger charge is 2.25. The van der Waals surface area contributed by atoms with Gasteiger partial charge < -0.3 is 28.5 Å². The number of quaternary nitrogens is 1. The first-order valence-corrected chi connectivity index (χ1v) is 28.0. The number of carbonyl (C=O) groups is 3. The number of likely N-dealkylation sites (N-methyl/N-ethyl adjacent to an activating group) is 1. The number of carbonyl (C=O) groups excluding carboxylic acids is 2. The summed E-state index contributed by atoms with van der Waals surface area (Å²) in [5.41, 5.74) is 0. The number of rotatable bonds is 49. The Morgan fingerprint density at radius 3 is 1.10 bits per heavy atom. The fraction of sp³-hybridized carbons (Fsp3) is 0.578. The Morgan fingerprint density at radius 1 is 0.411 bits per heavy atom. The van der Waals surface area contributed by atoms with Crippen molar-refractivity contribution >= 4 is 17.9 Å². The maximum atomic E-state index is 12.9. The molecular formula is C64H102NO8+. The van der Waals surface area contributed by atoms with Gasteiger partial charge in [-0.25, -0.2) is 4.79 Å². The van der Waals surface area contributed by atoms with Crippen LogP contribution in [0.15, 0.2) is 146 Å². The maximum absolute atomic E-state index is 12.9. The van der Waals surface area contributed by atoms with Crippen molar-refractivity contribution in [2.45, 2.75) is 193 Å². The predicted molar refractivity (Wildman–Crippen MR) is 308 cm³/mol. The largest absolute Gasteiger partial charge is 0.477 e. The first-order chi connectivity index (χ1) is 35.6. The van der Waals surface area contributed by atoms with Gasteiger partial charge in [-0.1, -0.05) is 198 Å². The topological polar surface area (TPSA) is 108 Å². The van der Waals surface area contributed by atoms with Crippen LogP contribution in [0.25, 0.3) is 0 Å². The molecule has 2 unspecified atom stereocenters. The maximum Gasteiger partial charge on any atom is 0.361 e. The molecule has 0 radical (unpaired) electrons. The van der Waals surface area contributed by atoms with E-state index in [1.54, 1.807) is 0 Å². The number of hydrogen-bond donors (Lipinski definition) is 1. The second kappa shape index (κ2) is 53.5. The first kappa shape index (κ1) is 68.2. The van der Waals surface area contributed by atoms with Gasteiger partial charge in [0.1, 0.15) is 13.2 Å².